The molecule has 0 saturated heterocycles. The van der Waals surface area contributed by atoms with Crippen molar-refractivity contribution >= 4 is 39.9 Å². The molecule has 0 fully saturated rings. The summed E-state index contributed by atoms with van der Waals surface area (Å²) in [7, 11) is 0. The Kier molecular flexibility index (Phi) is 4.92. The number of nitrogens with zero attached hydrogens (tertiary/aromatic N) is 3. The molecule has 20 heavy (non-hydrogen) atoms. The average molecular weight is 306 g/mol. The first-order valence-corrected chi connectivity index (χ1v) is 7.38. The smallest absolute Gasteiger partial charge is 0.313 e. The summed E-state index contributed by atoms with van der Waals surface area (Å²) in [5.41, 5.74) is 1.80. The first kappa shape index (κ1) is 14.3. The van der Waals surface area contributed by atoms with E-state index in [9.17, 15) is 4.79 Å². The second-order valence-corrected chi connectivity index (χ2v) is 5.91. The fourth-order valence-corrected chi connectivity index (χ4v) is 2.86. The molecule has 0 aliphatic rings. The van der Waals surface area contributed by atoms with Crippen LogP contribution in [0, 0.1) is 11.3 Å². The molecular formula is C12H10N4O2S2. The van der Waals surface area contributed by atoms with Gasteiger partial charge in [0, 0.05) is 5.69 Å². The maximum atomic E-state index is 10.5. The highest BCUT2D eigenvalue weighted by molar-refractivity contribution is 8.01. The highest BCUT2D eigenvalue weighted by atomic mass is 32.2. The molecule has 8 heteroatoms. The third-order valence-electron chi connectivity index (χ3n) is 2.21. The normalized spacial score (nSPS) is 9.95. The van der Waals surface area contributed by atoms with Gasteiger partial charge in [-0.15, -0.1) is 10.2 Å². The molecule has 0 aliphatic heterocycles. The number of anilines is 2. The summed E-state index contributed by atoms with van der Waals surface area (Å²) in [5, 5.41) is 28.7. The molecule has 0 spiro atoms. The average Bonchev–Trinajstić information content (AvgIpc) is 2.87. The number of benzene rings is 1. The molecule has 6 nitrogen and oxygen atoms in total. The van der Waals surface area contributed by atoms with E-state index in [-0.39, 0.29) is 5.75 Å². The summed E-state index contributed by atoms with van der Waals surface area (Å²) in [6.07, 6.45) is 0.384. The zero-order valence-electron chi connectivity index (χ0n) is 10.2. The van der Waals surface area contributed by atoms with Gasteiger partial charge in [0.1, 0.15) is 0 Å². The minimum atomic E-state index is -0.882. The van der Waals surface area contributed by atoms with Crippen LogP contribution in [0.1, 0.15) is 5.56 Å². The molecule has 2 rings (SSSR count). The molecule has 1 heterocycles. The van der Waals surface area contributed by atoms with Gasteiger partial charge in [0.05, 0.1) is 18.2 Å². The lowest BCUT2D eigenvalue weighted by molar-refractivity contribution is -0.133. The fourth-order valence-electron chi connectivity index (χ4n) is 1.36. The van der Waals surface area contributed by atoms with Crippen LogP contribution in [-0.2, 0) is 11.2 Å². The van der Waals surface area contributed by atoms with Crippen LogP contribution in [0.3, 0.4) is 0 Å². The maximum Gasteiger partial charge on any atom is 0.313 e. The van der Waals surface area contributed by atoms with Crippen molar-refractivity contribution in [2.75, 3.05) is 11.1 Å². The topological polar surface area (TPSA) is 98.9 Å². The van der Waals surface area contributed by atoms with Gasteiger partial charge in [-0.25, -0.2) is 0 Å². The number of rotatable bonds is 6. The molecule has 2 aromatic rings. The number of nitriles is 1. The van der Waals surface area contributed by atoms with Gasteiger partial charge in [-0.3, -0.25) is 4.79 Å². The van der Waals surface area contributed by atoms with E-state index in [0.717, 1.165) is 23.0 Å². The molecule has 0 radical (unpaired) electrons. The predicted molar refractivity (Wildman–Crippen MR) is 77.3 cm³/mol. The van der Waals surface area contributed by atoms with Gasteiger partial charge in [0.2, 0.25) is 5.13 Å². The number of carboxylic acid groups (broad SMARTS) is 1. The summed E-state index contributed by atoms with van der Waals surface area (Å²) in [5.74, 6) is -0.912. The Morgan fingerprint density at radius 3 is 2.80 bits per heavy atom. The van der Waals surface area contributed by atoms with Crippen LogP contribution >= 0.6 is 23.1 Å². The Morgan fingerprint density at radius 2 is 2.15 bits per heavy atom. The van der Waals surface area contributed by atoms with Crippen LogP contribution in [-0.4, -0.2) is 27.0 Å². The summed E-state index contributed by atoms with van der Waals surface area (Å²) >= 11 is 2.44. The Morgan fingerprint density at radius 1 is 1.40 bits per heavy atom. The summed E-state index contributed by atoms with van der Waals surface area (Å²) in [4.78, 5) is 10.5. The molecule has 2 N–H and O–H groups in total. The lowest BCUT2D eigenvalue weighted by atomic mass is 10.1. The number of carboxylic acids is 1. The number of thioether (sulfide) groups is 1. The summed E-state index contributed by atoms with van der Waals surface area (Å²) in [6, 6.07) is 9.54. The lowest BCUT2D eigenvalue weighted by Crippen LogP contribution is -1.96. The monoisotopic (exact) mass is 306 g/mol. The fraction of sp³-hybridized carbons (Fsp3) is 0.167. The molecule has 0 amide bonds. The predicted octanol–water partition coefficient (Wildman–Crippen LogP) is 2.52. The van der Waals surface area contributed by atoms with Crippen LogP contribution in [0.15, 0.2) is 28.6 Å². The number of carbonyl (C=O) groups is 1. The van der Waals surface area contributed by atoms with E-state index in [2.05, 4.69) is 21.6 Å². The summed E-state index contributed by atoms with van der Waals surface area (Å²) in [6.45, 7) is 0. The molecule has 0 unspecified atom stereocenters. The second kappa shape index (κ2) is 6.88. The Balaban J connectivity index is 1.96. The minimum Gasteiger partial charge on any atom is -0.481 e. The Hall–Kier alpha value is -2.11. The number of aliphatic carboxylic acids is 1. The van der Waals surface area contributed by atoms with Gasteiger partial charge < -0.3 is 10.4 Å². The molecule has 102 valence electrons. The van der Waals surface area contributed by atoms with E-state index >= 15 is 0 Å². The van der Waals surface area contributed by atoms with Gasteiger partial charge in [-0.05, 0) is 17.7 Å². The van der Waals surface area contributed by atoms with Crippen molar-refractivity contribution in [3.05, 3.63) is 29.8 Å². The van der Waals surface area contributed by atoms with Gasteiger partial charge in [0.15, 0.2) is 4.34 Å². The SMILES string of the molecule is N#CCc1ccc(Nc2nnc(SCC(=O)O)s2)cc1. The second-order valence-electron chi connectivity index (χ2n) is 3.71. The zero-order valence-corrected chi connectivity index (χ0v) is 11.9. The lowest BCUT2D eigenvalue weighted by Gasteiger charge is -2.02. The minimum absolute atomic E-state index is 0.0303. The Bertz CT molecular complexity index is 634. The third kappa shape index (κ3) is 4.22. The molecule has 0 saturated carbocycles. The van der Waals surface area contributed by atoms with Gasteiger partial charge in [-0.1, -0.05) is 35.2 Å². The molecule has 0 aliphatic carbocycles. The molecule has 0 atom stereocenters. The molecule has 1 aromatic heterocycles. The zero-order chi connectivity index (χ0) is 14.4. The Labute approximate surface area is 123 Å². The van der Waals surface area contributed by atoms with Crippen molar-refractivity contribution in [2.24, 2.45) is 0 Å². The van der Waals surface area contributed by atoms with Crippen LogP contribution in [0.5, 0.6) is 0 Å². The van der Waals surface area contributed by atoms with E-state index in [1.807, 2.05) is 24.3 Å². The van der Waals surface area contributed by atoms with Crippen LogP contribution in [0.2, 0.25) is 0 Å². The van der Waals surface area contributed by atoms with E-state index < -0.39 is 5.97 Å². The van der Waals surface area contributed by atoms with E-state index in [1.54, 1.807) is 0 Å². The van der Waals surface area contributed by atoms with Crippen molar-refractivity contribution < 1.29 is 9.90 Å². The maximum absolute atomic E-state index is 10.5. The highest BCUT2D eigenvalue weighted by Crippen LogP contribution is 2.27. The van der Waals surface area contributed by atoms with Crippen molar-refractivity contribution in [3.8, 4) is 6.07 Å². The number of nitrogens with one attached hydrogen (secondary N) is 1. The highest BCUT2D eigenvalue weighted by Gasteiger charge is 2.07. The summed E-state index contributed by atoms with van der Waals surface area (Å²) < 4.78 is 0.607. The van der Waals surface area contributed by atoms with Gasteiger partial charge in [-0.2, -0.15) is 5.26 Å². The van der Waals surface area contributed by atoms with E-state index in [4.69, 9.17) is 10.4 Å². The van der Waals surface area contributed by atoms with Gasteiger partial charge >= 0.3 is 5.97 Å². The van der Waals surface area contributed by atoms with Gasteiger partial charge in [0.25, 0.3) is 0 Å². The number of hydrogen-bond acceptors (Lipinski definition) is 7. The van der Waals surface area contributed by atoms with Crippen molar-refractivity contribution in [1.29, 1.82) is 5.26 Å². The largest absolute Gasteiger partial charge is 0.481 e. The van der Waals surface area contributed by atoms with Crippen molar-refractivity contribution in [2.45, 2.75) is 10.8 Å². The standard InChI is InChI=1S/C12H10N4O2S2/c13-6-5-8-1-3-9(4-2-8)14-11-15-16-12(20-11)19-7-10(17)18/h1-4H,5,7H2,(H,14,15)(H,17,18). The van der Waals surface area contributed by atoms with E-state index in [0.29, 0.717) is 15.9 Å². The van der Waals surface area contributed by atoms with Crippen molar-refractivity contribution in [1.82, 2.24) is 10.2 Å². The molecule has 0 bridgehead atoms. The van der Waals surface area contributed by atoms with Crippen LogP contribution in [0.4, 0.5) is 10.8 Å². The third-order valence-corrected chi connectivity index (χ3v) is 4.17. The molecule has 1 aromatic carbocycles. The van der Waals surface area contributed by atoms with E-state index in [1.165, 1.54) is 11.3 Å². The van der Waals surface area contributed by atoms with Crippen molar-refractivity contribution in [3.63, 3.8) is 0 Å². The number of aromatic nitrogens is 2. The number of hydrogen-bond donors (Lipinski definition) is 2. The first-order valence-electron chi connectivity index (χ1n) is 5.58. The van der Waals surface area contributed by atoms with Crippen LogP contribution in [0.25, 0.3) is 0 Å². The first-order chi connectivity index (χ1) is 9.67. The van der Waals surface area contributed by atoms with Crippen LogP contribution < -0.4 is 5.32 Å². The quantitative estimate of drug-likeness (QED) is 0.791. The molecular weight excluding hydrogens is 296 g/mol.